The van der Waals surface area contributed by atoms with Crippen molar-refractivity contribution in [3.05, 3.63) is 278 Å². The van der Waals surface area contributed by atoms with E-state index in [-0.39, 0.29) is 0 Å². The Labute approximate surface area is 401 Å². The Morgan fingerprint density at radius 2 is 0.765 bits per heavy atom. The second-order valence-corrected chi connectivity index (χ2v) is 29.5. The molecule has 0 bridgehead atoms. The molecule has 7 heteroatoms. The highest BCUT2D eigenvalue weighted by Gasteiger charge is 2.36. The van der Waals surface area contributed by atoms with Crippen LogP contribution in [0.15, 0.2) is 286 Å². The molecule has 0 radical (unpaired) electrons. The van der Waals surface area contributed by atoms with Gasteiger partial charge in [0.1, 0.15) is 5.84 Å². The molecule has 68 heavy (non-hydrogen) atoms. The fourth-order valence-electron chi connectivity index (χ4n) is 9.73. The van der Waals surface area contributed by atoms with E-state index in [0.717, 1.165) is 11.4 Å². The van der Waals surface area contributed by atoms with Gasteiger partial charge in [0.15, 0.2) is 0 Å². The Kier molecular flexibility index (Phi) is 12.2. The van der Waals surface area contributed by atoms with Gasteiger partial charge in [0.2, 0.25) is 0 Å². The first-order valence-electron chi connectivity index (χ1n) is 23.1. The van der Waals surface area contributed by atoms with Crippen LogP contribution in [-0.4, -0.2) is 17.2 Å². The second-order valence-electron chi connectivity index (χ2n) is 17.3. The van der Waals surface area contributed by atoms with Crippen molar-refractivity contribution in [2.24, 2.45) is 14.0 Å². The number of hydrogen-bond acceptors (Lipinski definition) is 3. The average Bonchev–Trinajstić information content (AvgIpc) is 3.42. The lowest BCUT2D eigenvalue weighted by Crippen LogP contribution is -2.26. The highest BCUT2D eigenvalue weighted by molar-refractivity contribution is 8.08. The van der Waals surface area contributed by atoms with E-state index in [4.69, 9.17) is 14.0 Å². The Hall–Kier alpha value is -6.55. The molecule has 2 aliphatic heterocycles. The van der Waals surface area contributed by atoms with Gasteiger partial charge in [-0.3, -0.25) is 4.52 Å². The number of benzene rings is 9. The quantitative estimate of drug-likeness (QED) is 0.116. The SMILES string of the molecule is CC1=CP(c2ccccc2)(c2ccccc2)=NP(c2ccccc2)(c2cccc(-c3ccc(P4(c5ccccc5)=NC(Cc5ccccc5)=NP(c5ccccc5)(c5ccccc5)=C4)cc3)c2)=C1. The number of nitrogens with zero attached hydrogens (tertiary/aromatic N) is 3. The van der Waals surface area contributed by atoms with Crippen molar-refractivity contribution in [2.75, 3.05) is 0 Å². The van der Waals surface area contributed by atoms with Crippen LogP contribution >= 0.6 is 28.2 Å². The summed E-state index contributed by atoms with van der Waals surface area (Å²) < 4.78 is 18.0. The number of allylic oxidation sites excluding steroid dienone is 1. The maximum absolute atomic E-state index is 6.30. The van der Waals surface area contributed by atoms with Crippen LogP contribution in [0, 0.1) is 0 Å². The van der Waals surface area contributed by atoms with Crippen LogP contribution in [0.5, 0.6) is 0 Å². The molecule has 2 unspecified atom stereocenters. The molecular weight excluding hydrogens is 899 g/mol. The summed E-state index contributed by atoms with van der Waals surface area (Å²) in [4.78, 5) is 0. The monoisotopic (exact) mass is 949 g/mol. The first-order valence-corrected chi connectivity index (χ1v) is 30.4. The number of rotatable bonds is 11. The molecular formula is C61H51N3P4. The molecule has 2 heterocycles. The average molecular weight is 950 g/mol. The Balaban J connectivity index is 1.11. The molecule has 2 aliphatic rings. The van der Waals surface area contributed by atoms with Crippen LogP contribution in [-0.2, 0) is 6.42 Å². The standard InChI is InChI=1S/C61H51N3P4/c1-49-46-65(53-27-11-3-12-28-53,54-29-13-4-14-30-54)64-66(47-49,55-31-15-5-16-32-55)60-39-23-26-52(45-60)51-40-42-59(43-41-51)68(58-37-21-8-22-38-58)48-67(56-33-17-6-18-34-56,57-35-19-7-20-36-57)62-61(63-68)44-50-24-9-2-10-25-50/h2-43,45-48H,44H2,1H3. The molecule has 330 valence electrons. The van der Waals surface area contributed by atoms with Crippen molar-refractivity contribution in [2.45, 2.75) is 13.3 Å². The van der Waals surface area contributed by atoms with E-state index in [1.54, 1.807) is 0 Å². The summed E-state index contributed by atoms with van der Waals surface area (Å²) >= 11 is 0. The molecule has 0 fully saturated rings. The maximum Gasteiger partial charge on any atom is 0.131 e. The van der Waals surface area contributed by atoms with Crippen molar-refractivity contribution in [3.8, 4) is 11.1 Å². The van der Waals surface area contributed by atoms with Gasteiger partial charge < -0.3 is 0 Å². The Morgan fingerprint density at radius 3 is 1.26 bits per heavy atom. The van der Waals surface area contributed by atoms with Crippen LogP contribution in [0.25, 0.3) is 11.1 Å². The summed E-state index contributed by atoms with van der Waals surface area (Å²) in [5.41, 5.74) is 7.42. The van der Waals surface area contributed by atoms with Crippen molar-refractivity contribution < 1.29 is 0 Å². The number of hydrogen-bond donors (Lipinski definition) is 0. The predicted molar refractivity (Wildman–Crippen MR) is 304 cm³/mol. The molecule has 0 spiro atoms. The van der Waals surface area contributed by atoms with Gasteiger partial charge in [-0.05, 0) is 68.3 Å². The fraction of sp³-hybridized carbons (Fsp3) is 0.0328. The summed E-state index contributed by atoms with van der Waals surface area (Å²) in [5.74, 6) is 5.86. The van der Waals surface area contributed by atoms with Crippen LogP contribution in [0.4, 0.5) is 0 Å². The molecule has 0 N–H and O–H groups in total. The maximum atomic E-state index is 6.30. The minimum atomic E-state index is -2.61. The predicted octanol–water partition coefficient (Wildman–Crippen LogP) is 13.0. The van der Waals surface area contributed by atoms with E-state index in [0.29, 0.717) is 6.42 Å². The minimum absolute atomic E-state index is 0.649. The topological polar surface area (TPSA) is 37.1 Å². The molecule has 0 aliphatic carbocycles. The Morgan fingerprint density at radius 1 is 0.353 bits per heavy atom. The zero-order valence-corrected chi connectivity index (χ0v) is 41.5. The van der Waals surface area contributed by atoms with Gasteiger partial charge in [0.25, 0.3) is 0 Å². The van der Waals surface area contributed by atoms with Gasteiger partial charge in [0.05, 0.1) is 28.2 Å². The van der Waals surface area contributed by atoms with Gasteiger partial charge in [-0.2, -0.15) is 0 Å². The van der Waals surface area contributed by atoms with Gasteiger partial charge in [-0.25, -0.2) is 9.51 Å². The molecule has 11 rings (SSSR count). The smallest absolute Gasteiger partial charge is 0.131 e. The van der Waals surface area contributed by atoms with Gasteiger partial charge >= 0.3 is 0 Å². The lowest BCUT2D eigenvalue weighted by atomic mass is 10.1. The number of amidine groups is 1. The van der Waals surface area contributed by atoms with Gasteiger partial charge in [-0.15, -0.1) is 0 Å². The van der Waals surface area contributed by atoms with Crippen LogP contribution < -0.4 is 42.4 Å². The zero-order valence-electron chi connectivity index (χ0n) is 37.9. The third kappa shape index (κ3) is 8.19. The van der Waals surface area contributed by atoms with Crippen molar-refractivity contribution in [3.63, 3.8) is 0 Å². The van der Waals surface area contributed by atoms with Crippen molar-refractivity contribution in [1.29, 1.82) is 0 Å². The molecule has 0 saturated heterocycles. The van der Waals surface area contributed by atoms with E-state index in [1.165, 1.54) is 59.1 Å². The summed E-state index contributed by atoms with van der Waals surface area (Å²) in [6.45, 7) is 2.27. The summed E-state index contributed by atoms with van der Waals surface area (Å²) in [6, 6.07) is 95.2. The van der Waals surface area contributed by atoms with E-state index in [9.17, 15) is 0 Å². The molecule has 0 aromatic heterocycles. The van der Waals surface area contributed by atoms with Crippen LogP contribution in [0.1, 0.15) is 12.5 Å². The fourth-order valence-corrected chi connectivity index (χ4v) is 27.8. The molecule has 0 amide bonds. The summed E-state index contributed by atoms with van der Waals surface area (Å²) in [6.07, 6.45) is 0.649. The minimum Gasteiger partial charge on any atom is -0.260 e. The second kappa shape index (κ2) is 18.9. The van der Waals surface area contributed by atoms with E-state index in [2.05, 4.69) is 285 Å². The van der Waals surface area contributed by atoms with Crippen LogP contribution in [0.3, 0.4) is 0 Å². The molecule has 2 atom stereocenters. The molecule has 9 aromatic carbocycles. The first kappa shape index (κ1) is 44.0. The summed E-state index contributed by atoms with van der Waals surface area (Å²) in [5, 5.41) is 9.96. The van der Waals surface area contributed by atoms with Crippen LogP contribution in [0.2, 0.25) is 0 Å². The van der Waals surface area contributed by atoms with Gasteiger partial charge in [-0.1, -0.05) is 255 Å². The normalized spacial score (nSPS) is 19.1. The summed E-state index contributed by atoms with van der Waals surface area (Å²) in [7, 11) is -9.99. The largest absolute Gasteiger partial charge is 0.260 e. The van der Waals surface area contributed by atoms with E-state index < -0.39 is 28.2 Å². The molecule has 9 aromatic rings. The lowest BCUT2D eigenvalue weighted by Gasteiger charge is -2.35. The van der Waals surface area contributed by atoms with Gasteiger partial charge in [0, 0.05) is 32.9 Å². The van der Waals surface area contributed by atoms with Crippen molar-refractivity contribution >= 4 is 87.8 Å². The first-order chi connectivity index (χ1) is 33.5. The molecule has 3 nitrogen and oxygen atoms in total. The lowest BCUT2D eigenvalue weighted by molar-refractivity contribution is 1.30. The van der Waals surface area contributed by atoms with E-state index in [1.807, 2.05) is 0 Å². The zero-order chi connectivity index (χ0) is 45.9. The highest BCUT2D eigenvalue weighted by Crippen LogP contribution is 2.65. The van der Waals surface area contributed by atoms with E-state index >= 15 is 0 Å². The third-order valence-electron chi connectivity index (χ3n) is 12.9. The third-order valence-corrected chi connectivity index (χ3v) is 29.1. The highest BCUT2D eigenvalue weighted by atomic mass is 31.2. The Bertz CT molecular complexity index is 3450. The molecule has 0 saturated carbocycles. The van der Waals surface area contributed by atoms with Crippen molar-refractivity contribution in [1.82, 2.24) is 0 Å².